The summed E-state index contributed by atoms with van der Waals surface area (Å²) in [7, 11) is 0. The van der Waals surface area contributed by atoms with E-state index in [0.717, 1.165) is 13.0 Å². The molecule has 1 rings (SSSR count). The van der Waals surface area contributed by atoms with Gasteiger partial charge in [-0.15, -0.1) is 0 Å². The fourth-order valence-electron chi connectivity index (χ4n) is 1.18. The molecule has 0 aromatic heterocycles. The number of nitrogens with one attached hydrogen (secondary N) is 1. The highest BCUT2D eigenvalue weighted by Crippen LogP contribution is 2.03. The van der Waals surface area contributed by atoms with Crippen LogP contribution in [-0.2, 0) is 9.53 Å². The summed E-state index contributed by atoms with van der Waals surface area (Å²) in [4.78, 5) is 11.2. The van der Waals surface area contributed by atoms with Crippen LogP contribution in [0.2, 0.25) is 0 Å². The molecule has 0 aromatic carbocycles. The van der Waals surface area contributed by atoms with Gasteiger partial charge < -0.3 is 10.1 Å². The minimum Gasteiger partial charge on any atom is -0.379 e. The zero-order valence-corrected chi connectivity index (χ0v) is 8.25. The van der Waals surface area contributed by atoms with Crippen LogP contribution in [0.5, 0.6) is 0 Å². The monoisotopic (exact) mass is 183 g/mol. The van der Waals surface area contributed by atoms with Gasteiger partial charge in [-0.2, -0.15) is 0 Å². The fraction of sp³-hybridized carbons (Fsp3) is 0.700. The molecule has 1 N–H and O–H groups in total. The standard InChI is InChI=1S/C10H17NO2/c1-8(2)3-4-10(12)11-9-5-6-13-7-9/h3-4,8-9H,5-7H2,1-2H3,(H,11,12)/b4-3+. The number of carbonyl (C=O) groups excluding carboxylic acids is 1. The van der Waals surface area contributed by atoms with Gasteiger partial charge in [0.05, 0.1) is 12.6 Å². The van der Waals surface area contributed by atoms with Gasteiger partial charge in [0.25, 0.3) is 0 Å². The van der Waals surface area contributed by atoms with Crippen molar-refractivity contribution in [3.63, 3.8) is 0 Å². The van der Waals surface area contributed by atoms with Crippen LogP contribution in [0.15, 0.2) is 12.2 Å². The molecule has 1 unspecified atom stereocenters. The molecule has 1 saturated heterocycles. The second-order valence-corrected chi connectivity index (χ2v) is 3.67. The summed E-state index contributed by atoms with van der Waals surface area (Å²) in [5.74, 6) is 0.412. The van der Waals surface area contributed by atoms with E-state index in [1.807, 2.05) is 19.9 Å². The highest BCUT2D eigenvalue weighted by Gasteiger charge is 2.16. The predicted molar refractivity (Wildman–Crippen MR) is 51.3 cm³/mol. The Kier molecular flexibility index (Phi) is 3.96. The Morgan fingerprint density at radius 1 is 1.62 bits per heavy atom. The topological polar surface area (TPSA) is 38.3 Å². The maximum atomic E-state index is 11.2. The Hall–Kier alpha value is -0.830. The SMILES string of the molecule is CC(C)/C=C/C(=O)NC1CCOC1. The van der Waals surface area contributed by atoms with E-state index in [4.69, 9.17) is 4.74 Å². The molecule has 0 spiro atoms. The molecule has 0 radical (unpaired) electrons. The first-order chi connectivity index (χ1) is 6.18. The highest BCUT2D eigenvalue weighted by molar-refractivity contribution is 5.87. The molecule has 1 aliphatic heterocycles. The van der Waals surface area contributed by atoms with E-state index < -0.39 is 0 Å². The zero-order valence-electron chi connectivity index (χ0n) is 8.25. The molecule has 1 amide bonds. The number of hydrogen-bond donors (Lipinski definition) is 1. The second-order valence-electron chi connectivity index (χ2n) is 3.67. The third kappa shape index (κ3) is 4.08. The van der Waals surface area contributed by atoms with Crippen molar-refractivity contribution in [2.24, 2.45) is 5.92 Å². The van der Waals surface area contributed by atoms with Crippen molar-refractivity contribution in [2.75, 3.05) is 13.2 Å². The Balaban J connectivity index is 2.24. The van der Waals surface area contributed by atoms with Gasteiger partial charge in [0.2, 0.25) is 5.91 Å². The zero-order chi connectivity index (χ0) is 9.68. The van der Waals surface area contributed by atoms with Crippen LogP contribution in [0.25, 0.3) is 0 Å². The van der Waals surface area contributed by atoms with E-state index in [1.165, 1.54) is 0 Å². The van der Waals surface area contributed by atoms with Gasteiger partial charge in [-0.25, -0.2) is 0 Å². The largest absolute Gasteiger partial charge is 0.379 e. The van der Waals surface area contributed by atoms with Crippen LogP contribution in [0, 0.1) is 5.92 Å². The first-order valence-electron chi connectivity index (χ1n) is 4.75. The maximum Gasteiger partial charge on any atom is 0.243 e. The average molecular weight is 183 g/mol. The molecule has 0 saturated carbocycles. The number of allylic oxidation sites excluding steroid dienone is 1. The molecule has 0 aromatic rings. The Bertz CT molecular complexity index is 193. The number of hydrogen-bond acceptors (Lipinski definition) is 2. The summed E-state index contributed by atoms with van der Waals surface area (Å²) in [6, 6.07) is 0.212. The van der Waals surface area contributed by atoms with Crippen LogP contribution in [0.4, 0.5) is 0 Å². The fourth-order valence-corrected chi connectivity index (χ4v) is 1.18. The van der Waals surface area contributed by atoms with E-state index in [2.05, 4.69) is 5.32 Å². The first kappa shape index (κ1) is 10.3. The average Bonchev–Trinajstić information content (AvgIpc) is 2.53. The normalized spacial score (nSPS) is 22.8. The highest BCUT2D eigenvalue weighted by atomic mass is 16.5. The molecule has 3 heteroatoms. The predicted octanol–water partition coefficient (Wildman–Crippen LogP) is 1.10. The lowest BCUT2D eigenvalue weighted by Gasteiger charge is -2.07. The second kappa shape index (κ2) is 5.02. The lowest BCUT2D eigenvalue weighted by atomic mass is 10.2. The Morgan fingerprint density at radius 2 is 2.38 bits per heavy atom. The molecular weight excluding hydrogens is 166 g/mol. The van der Waals surface area contributed by atoms with Gasteiger partial charge in [0, 0.05) is 6.61 Å². The van der Waals surface area contributed by atoms with Crippen LogP contribution in [0.1, 0.15) is 20.3 Å². The van der Waals surface area contributed by atoms with Gasteiger partial charge >= 0.3 is 0 Å². The van der Waals surface area contributed by atoms with Crippen LogP contribution < -0.4 is 5.32 Å². The summed E-state index contributed by atoms with van der Waals surface area (Å²) in [5, 5.41) is 2.88. The third-order valence-electron chi connectivity index (χ3n) is 1.91. The molecule has 1 aliphatic rings. The summed E-state index contributed by atoms with van der Waals surface area (Å²) in [6.45, 7) is 5.50. The van der Waals surface area contributed by atoms with E-state index in [-0.39, 0.29) is 11.9 Å². The lowest BCUT2D eigenvalue weighted by molar-refractivity contribution is -0.117. The van der Waals surface area contributed by atoms with Crippen LogP contribution in [-0.4, -0.2) is 25.2 Å². The van der Waals surface area contributed by atoms with Crippen molar-refractivity contribution < 1.29 is 9.53 Å². The van der Waals surface area contributed by atoms with Gasteiger partial charge in [-0.05, 0) is 18.4 Å². The molecular formula is C10H17NO2. The smallest absolute Gasteiger partial charge is 0.243 e. The molecule has 0 bridgehead atoms. The maximum absolute atomic E-state index is 11.2. The minimum absolute atomic E-state index is 0.01000. The van der Waals surface area contributed by atoms with Crippen molar-refractivity contribution in [1.29, 1.82) is 0 Å². The number of rotatable bonds is 3. The molecule has 1 fully saturated rings. The molecule has 0 aliphatic carbocycles. The van der Waals surface area contributed by atoms with Gasteiger partial charge in [-0.3, -0.25) is 4.79 Å². The molecule has 3 nitrogen and oxygen atoms in total. The molecule has 1 heterocycles. The van der Waals surface area contributed by atoms with Crippen molar-refractivity contribution in [2.45, 2.75) is 26.3 Å². The third-order valence-corrected chi connectivity index (χ3v) is 1.91. The van der Waals surface area contributed by atoms with Crippen molar-refractivity contribution in [3.8, 4) is 0 Å². The lowest BCUT2D eigenvalue weighted by Crippen LogP contribution is -2.33. The summed E-state index contributed by atoms with van der Waals surface area (Å²) in [6.07, 6.45) is 4.43. The van der Waals surface area contributed by atoms with Crippen LogP contribution >= 0.6 is 0 Å². The Labute approximate surface area is 79.2 Å². The van der Waals surface area contributed by atoms with Gasteiger partial charge in [0.15, 0.2) is 0 Å². The van der Waals surface area contributed by atoms with Gasteiger partial charge in [-0.1, -0.05) is 19.9 Å². The van der Waals surface area contributed by atoms with Crippen LogP contribution in [0.3, 0.4) is 0 Å². The summed E-state index contributed by atoms with van der Waals surface area (Å²) in [5.41, 5.74) is 0. The number of carbonyl (C=O) groups is 1. The van der Waals surface area contributed by atoms with E-state index in [0.29, 0.717) is 12.5 Å². The minimum atomic E-state index is -0.01000. The molecule has 13 heavy (non-hydrogen) atoms. The van der Waals surface area contributed by atoms with E-state index in [9.17, 15) is 4.79 Å². The van der Waals surface area contributed by atoms with E-state index >= 15 is 0 Å². The molecule has 74 valence electrons. The summed E-state index contributed by atoms with van der Waals surface area (Å²) < 4.78 is 5.14. The van der Waals surface area contributed by atoms with Crippen molar-refractivity contribution >= 4 is 5.91 Å². The van der Waals surface area contributed by atoms with Crippen molar-refractivity contribution in [1.82, 2.24) is 5.32 Å². The number of amides is 1. The van der Waals surface area contributed by atoms with Gasteiger partial charge in [0.1, 0.15) is 0 Å². The molecule has 1 atom stereocenters. The quantitative estimate of drug-likeness (QED) is 0.665. The van der Waals surface area contributed by atoms with Crippen molar-refractivity contribution in [3.05, 3.63) is 12.2 Å². The Morgan fingerprint density at radius 3 is 2.92 bits per heavy atom. The summed E-state index contributed by atoms with van der Waals surface area (Å²) >= 11 is 0. The first-order valence-corrected chi connectivity index (χ1v) is 4.75. The number of ether oxygens (including phenoxy) is 1. The van der Waals surface area contributed by atoms with E-state index in [1.54, 1.807) is 6.08 Å².